The molecule has 2 amide bonds. The third kappa shape index (κ3) is 4.08. The standard InChI is InChI=1S/C16H22N4O/c1-12(2)15(13-7-5-4-6-8-13)19-16(21)17-11-14-9-10-18-20(14)3/h4-10,12,15H,11H2,1-3H3,(H2,17,19,21). The zero-order valence-electron chi connectivity index (χ0n) is 12.7. The third-order valence-corrected chi connectivity index (χ3v) is 3.46. The van der Waals surface area contributed by atoms with Gasteiger partial charge in [0.1, 0.15) is 0 Å². The summed E-state index contributed by atoms with van der Waals surface area (Å²) >= 11 is 0. The highest BCUT2D eigenvalue weighted by molar-refractivity contribution is 5.74. The summed E-state index contributed by atoms with van der Waals surface area (Å²) in [6, 6.07) is 11.7. The maximum atomic E-state index is 12.1. The Balaban J connectivity index is 1.94. The Morgan fingerprint density at radius 3 is 2.52 bits per heavy atom. The Bertz CT molecular complexity index is 577. The molecular weight excluding hydrogens is 264 g/mol. The predicted octanol–water partition coefficient (Wildman–Crippen LogP) is 2.62. The Morgan fingerprint density at radius 1 is 1.24 bits per heavy atom. The minimum atomic E-state index is -0.168. The fourth-order valence-electron chi connectivity index (χ4n) is 2.23. The average Bonchev–Trinajstić information content (AvgIpc) is 2.88. The molecule has 0 saturated heterocycles. The van der Waals surface area contributed by atoms with Crippen LogP contribution < -0.4 is 10.6 Å². The SMILES string of the molecule is CC(C)C(NC(=O)NCc1ccnn1C)c1ccccc1. The Kier molecular flexibility index (Phi) is 4.98. The lowest BCUT2D eigenvalue weighted by molar-refractivity contribution is 0.232. The normalized spacial score (nSPS) is 12.2. The fourth-order valence-corrected chi connectivity index (χ4v) is 2.23. The summed E-state index contributed by atoms with van der Waals surface area (Å²) in [5, 5.41) is 9.98. The molecule has 0 radical (unpaired) electrons. The Hall–Kier alpha value is -2.30. The second-order valence-corrected chi connectivity index (χ2v) is 5.41. The molecule has 0 saturated carbocycles. The van der Waals surface area contributed by atoms with Crippen molar-refractivity contribution in [1.29, 1.82) is 0 Å². The van der Waals surface area contributed by atoms with E-state index in [1.54, 1.807) is 10.9 Å². The van der Waals surface area contributed by atoms with E-state index in [4.69, 9.17) is 0 Å². The van der Waals surface area contributed by atoms with Crippen LogP contribution in [-0.4, -0.2) is 15.8 Å². The lowest BCUT2D eigenvalue weighted by Crippen LogP contribution is -2.39. The molecule has 112 valence electrons. The molecule has 0 fully saturated rings. The molecule has 5 nitrogen and oxygen atoms in total. The monoisotopic (exact) mass is 286 g/mol. The summed E-state index contributed by atoms with van der Waals surface area (Å²) in [6.07, 6.45) is 1.72. The van der Waals surface area contributed by atoms with Crippen LogP contribution in [0.25, 0.3) is 0 Å². The van der Waals surface area contributed by atoms with Gasteiger partial charge >= 0.3 is 6.03 Å². The van der Waals surface area contributed by atoms with Crippen molar-refractivity contribution in [3.05, 3.63) is 53.9 Å². The topological polar surface area (TPSA) is 59.0 Å². The van der Waals surface area contributed by atoms with Gasteiger partial charge in [0.2, 0.25) is 0 Å². The van der Waals surface area contributed by atoms with Crippen LogP contribution in [0.3, 0.4) is 0 Å². The first-order chi connectivity index (χ1) is 10.1. The van der Waals surface area contributed by atoms with Gasteiger partial charge in [-0.15, -0.1) is 0 Å². The van der Waals surface area contributed by atoms with E-state index in [9.17, 15) is 4.79 Å². The quantitative estimate of drug-likeness (QED) is 0.887. The molecule has 1 unspecified atom stereocenters. The van der Waals surface area contributed by atoms with Crippen molar-refractivity contribution in [3.63, 3.8) is 0 Å². The van der Waals surface area contributed by atoms with Gasteiger partial charge in [0, 0.05) is 13.2 Å². The average molecular weight is 286 g/mol. The molecule has 1 heterocycles. The van der Waals surface area contributed by atoms with Crippen LogP contribution in [0.15, 0.2) is 42.6 Å². The number of carbonyl (C=O) groups excluding carboxylic acids is 1. The highest BCUT2D eigenvalue weighted by Gasteiger charge is 2.17. The van der Waals surface area contributed by atoms with Gasteiger partial charge in [0.15, 0.2) is 0 Å². The molecule has 5 heteroatoms. The van der Waals surface area contributed by atoms with Crippen LogP contribution in [0, 0.1) is 5.92 Å². The maximum Gasteiger partial charge on any atom is 0.315 e. The van der Waals surface area contributed by atoms with Gasteiger partial charge in [-0.3, -0.25) is 4.68 Å². The van der Waals surface area contributed by atoms with E-state index < -0.39 is 0 Å². The third-order valence-electron chi connectivity index (χ3n) is 3.46. The van der Waals surface area contributed by atoms with E-state index in [1.165, 1.54) is 0 Å². The number of nitrogens with zero attached hydrogens (tertiary/aromatic N) is 2. The van der Waals surface area contributed by atoms with Crippen molar-refractivity contribution >= 4 is 6.03 Å². The van der Waals surface area contributed by atoms with Crippen LogP contribution in [0.5, 0.6) is 0 Å². The van der Waals surface area contributed by atoms with Crippen LogP contribution in [0.1, 0.15) is 31.1 Å². The van der Waals surface area contributed by atoms with Crippen molar-refractivity contribution < 1.29 is 4.79 Å². The van der Waals surface area contributed by atoms with E-state index in [1.807, 2.05) is 43.4 Å². The van der Waals surface area contributed by atoms with Crippen molar-refractivity contribution in [2.75, 3.05) is 0 Å². The molecule has 0 aliphatic heterocycles. The molecule has 2 aromatic rings. The summed E-state index contributed by atoms with van der Waals surface area (Å²) in [5.74, 6) is 0.315. The fraction of sp³-hybridized carbons (Fsp3) is 0.375. The van der Waals surface area contributed by atoms with E-state index in [0.717, 1.165) is 11.3 Å². The minimum Gasteiger partial charge on any atom is -0.333 e. The molecule has 0 aliphatic carbocycles. The van der Waals surface area contributed by atoms with Gasteiger partial charge in [-0.1, -0.05) is 44.2 Å². The zero-order chi connectivity index (χ0) is 15.2. The van der Waals surface area contributed by atoms with Crippen molar-refractivity contribution in [3.8, 4) is 0 Å². The molecule has 21 heavy (non-hydrogen) atoms. The van der Waals surface area contributed by atoms with Gasteiger partial charge < -0.3 is 10.6 Å². The number of nitrogens with one attached hydrogen (secondary N) is 2. The van der Waals surface area contributed by atoms with Crippen LogP contribution in [0.4, 0.5) is 4.79 Å². The number of hydrogen-bond acceptors (Lipinski definition) is 2. The zero-order valence-corrected chi connectivity index (χ0v) is 12.7. The highest BCUT2D eigenvalue weighted by Crippen LogP contribution is 2.20. The number of urea groups is 1. The molecule has 1 aromatic heterocycles. The molecule has 0 spiro atoms. The molecule has 1 atom stereocenters. The Morgan fingerprint density at radius 2 is 1.95 bits per heavy atom. The Labute approximate surface area is 125 Å². The summed E-state index contributed by atoms with van der Waals surface area (Å²) in [7, 11) is 1.86. The summed E-state index contributed by atoms with van der Waals surface area (Å²) in [6.45, 7) is 4.65. The number of rotatable bonds is 5. The highest BCUT2D eigenvalue weighted by atomic mass is 16.2. The lowest BCUT2D eigenvalue weighted by atomic mass is 9.96. The van der Waals surface area contributed by atoms with E-state index in [-0.39, 0.29) is 12.1 Å². The summed E-state index contributed by atoms with van der Waals surface area (Å²) in [4.78, 5) is 12.1. The number of aryl methyl sites for hydroxylation is 1. The van der Waals surface area contributed by atoms with Crippen molar-refractivity contribution in [2.45, 2.75) is 26.4 Å². The number of carbonyl (C=O) groups is 1. The number of hydrogen-bond donors (Lipinski definition) is 2. The first-order valence-electron chi connectivity index (χ1n) is 7.14. The van der Waals surface area contributed by atoms with Crippen LogP contribution >= 0.6 is 0 Å². The van der Waals surface area contributed by atoms with Gasteiger partial charge in [-0.25, -0.2) is 4.79 Å². The van der Waals surface area contributed by atoms with E-state index in [2.05, 4.69) is 29.6 Å². The smallest absolute Gasteiger partial charge is 0.315 e. The molecular formula is C16H22N4O. The van der Waals surface area contributed by atoms with Crippen LogP contribution in [-0.2, 0) is 13.6 Å². The molecule has 2 rings (SSSR count). The van der Waals surface area contributed by atoms with Gasteiger partial charge in [-0.05, 0) is 17.5 Å². The molecule has 0 bridgehead atoms. The van der Waals surface area contributed by atoms with Crippen molar-refractivity contribution in [1.82, 2.24) is 20.4 Å². The second-order valence-electron chi connectivity index (χ2n) is 5.41. The minimum absolute atomic E-state index is 0.00210. The van der Waals surface area contributed by atoms with E-state index in [0.29, 0.717) is 12.5 Å². The first-order valence-corrected chi connectivity index (χ1v) is 7.14. The molecule has 2 N–H and O–H groups in total. The number of benzene rings is 1. The first kappa shape index (κ1) is 15.1. The second kappa shape index (κ2) is 6.92. The molecule has 0 aliphatic rings. The number of aromatic nitrogens is 2. The van der Waals surface area contributed by atoms with Gasteiger partial charge in [0.05, 0.1) is 18.3 Å². The summed E-state index contributed by atoms with van der Waals surface area (Å²) in [5.41, 5.74) is 2.08. The largest absolute Gasteiger partial charge is 0.333 e. The van der Waals surface area contributed by atoms with E-state index >= 15 is 0 Å². The molecule has 1 aromatic carbocycles. The summed E-state index contributed by atoms with van der Waals surface area (Å²) < 4.78 is 1.75. The van der Waals surface area contributed by atoms with Gasteiger partial charge in [0.25, 0.3) is 0 Å². The predicted molar refractivity (Wildman–Crippen MR) is 82.6 cm³/mol. The number of amides is 2. The maximum absolute atomic E-state index is 12.1. The van der Waals surface area contributed by atoms with Gasteiger partial charge in [-0.2, -0.15) is 5.10 Å². The lowest BCUT2D eigenvalue weighted by Gasteiger charge is -2.23. The van der Waals surface area contributed by atoms with Crippen LogP contribution in [0.2, 0.25) is 0 Å². The van der Waals surface area contributed by atoms with Crippen molar-refractivity contribution in [2.24, 2.45) is 13.0 Å².